The first kappa shape index (κ1) is 27.5. The van der Waals surface area contributed by atoms with Crippen LogP contribution in [0.2, 0.25) is 0 Å². The Labute approximate surface area is 179 Å². The molecule has 0 rings (SSSR count). The van der Waals surface area contributed by atoms with E-state index in [0.717, 1.165) is 51.4 Å². The zero-order valence-electron chi connectivity index (χ0n) is 19.1. The predicted molar refractivity (Wildman–Crippen MR) is 120 cm³/mol. The minimum atomic E-state index is -0.145. The van der Waals surface area contributed by atoms with Crippen molar-refractivity contribution in [1.29, 1.82) is 0 Å². The van der Waals surface area contributed by atoms with E-state index < -0.39 is 0 Å². The fraction of sp³-hybridized carbons (Fsp3) is 0.840. The highest BCUT2D eigenvalue weighted by molar-refractivity contribution is 5.69. The molecule has 0 amide bonds. The van der Waals surface area contributed by atoms with Crippen molar-refractivity contribution < 1.29 is 19.1 Å². The molecule has 0 saturated carbocycles. The average molecular weight is 409 g/mol. The first-order valence-corrected chi connectivity index (χ1v) is 12.0. The number of hydrogen-bond donors (Lipinski definition) is 0. The molecule has 4 nitrogen and oxygen atoms in total. The largest absolute Gasteiger partial charge is 0.466 e. The van der Waals surface area contributed by atoms with Crippen molar-refractivity contribution in [3.63, 3.8) is 0 Å². The summed E-state index contributed by atoms with van der Waals surface area (Å²) < 4.78 is 10.1. The number of unbranched alkanes of at least 4 members (excludes halogenated alkanes) is 13. The van der Waals surface area contributed by atoms with Crippen molar-refractivity contribution in [2.75, 3.05) is 13.2 Å². The molecule has 0 aromatic rings. The van der Waals surface area contributed by atoms with E-state index >= 15 is 0 Å². The van der Waals surface area contributed by atoms with E-state index in [1.165, 1.54) is 44.9 Å². The van der Waals surface area contributed by atoms with Gasteiger partial charge >= 0.3 is 11.9 Å². The van der Waals surface area contributed by atoms with Gasteiger partial charge in [-0.05, 0) is 26.2 Å². The number of esters is 2. The maximum Gasteiger partial charge on any atom is 0.306 e. The monoisotopic (exact) mass is 408 g/mol. The topological polar surface area (TPSA) is 52.6 Å². The maximum absolute atomic E-state index is 11.7. The lowest BCUT2D eigenvalue weighted by molar-refractivity contribution is -0.143. The molecule has 0 heterocycles. The third-order valence-corrected chi connectivity index (χ3v) is 4.90. The molecule has 0 unspecified atom stereocenters. The SMILES string of the molecule is CCCCCCCCCCC#CCOC(=O)CCCCCCCCC(=O)OCC. The maximum atomic E-state index is 11.7. The first-order valence-electron chi connectivity index (χ1n) is 12.0. The van der Waals surface area contributed by atoms with Crippen LogP contribution in [0.3, 0.4) is 0 Å². The summed E-state index contributed by atoms with van der Waals surface area (Å²) in [6.07, 6.45) is 18.4. The van der Waals surface area contributed by atoms with E-state index in [1.807, 2.05) is 6.92 Å². The van der Waals surface area contributed by atoms with E-state index in [1.54, 1.807) is 0 Å². The zero-order chi connectivity index (χ0) is 21.4. The number of ether oxygens (including phenoxy) is 2. The molecule has 29 heavy (non-hydrogen) atoms. The third kappa shape index (κ3) is 22.7. The van der Waals surface area contributed by atoms with Crippen LogP contribution in [0.5, 0.6) is 0 Å². The Morgan fingerprint density at radius 1 is 0.586 bits per heavy atom. The second kappa shape index (κ2) is 22.8. The highest BCUT2D eigenvalue weighted by Gasteiger charge is 2.02. The number of carbonyl (C=O) groups excluding carboxylic acids is 2. The van der Waals surface area contributed by atoms with Crippen LogP contribution in [0.15, 0.2) is 0 Å². The smallest absolute Gasteiger partial charge is 0.306 e. The van der Waals surface area contributed by atoms with E-state index in [2.05, 4.69) is 18.8 Å². The van der Waals surface area contributed by atoms with Crippen LogP contribution in [0.1, 0.15) is 123 Å². The molecule has 0 aromatic heterocycles. The van der Waals surface area contributed by atoms with Crippen LogP contribution in [-0.4, -0.2) is 25.2 Å². The van der Waals surface area contributed by atoms with Crippen molar-refractivity contribution in [1.82, 2.24) is 0 Å². The number of rotatable bonds is 19. The number of carbonyl (C=O) groups is 2. The minimum Gasteiger partial charge on any atom is -0.466 e. The molecule has 0 aliphatic heterocycles. The average Bonchev–Trinajstić information content (AvgIpc) is 2.71. The van der Waals surface area contributed by atoms with Crippen LogP contribution >= 0.6 is 0 Å². The summed E-state index contributed by atoms with van der Waals surface area (Å²) in [4.78, 5) is 22.9. The molecule has 0 saturated heterocycles. The summed E-state index contributed by atoms with van der Waals surface area (Å²) in [6, 6.07) is 0. The van der Waals surface area contributed by atoms with Gasteiger partial charge in [0.05, 0.1) is 6.61 Å². The Morgan fingerprint density at radius 3 is 1.62 bits per heavy atom. The molecule has 0 N–H and O–H groups in total. The van der Waals surface area contributed by atoms with Crippen LogP contribution < -0.4 is 0 Å². The Bertz CT molecular complexity index is 447. The van der Waals surface area contributed by atoms with Crippen molar-refractivity contribution in [3.05, 3.63) is 0 Å². The lowest BCUT2D eigenvalue weighted by Gasteiger charge is -2.03. The fourth-order valence-electron chi connectivity index (χ4n) is 3.15. The second-order valence-electron chi connectivity index (χ2n) is 7.67. The van der Waals surface area contributed by atoms with E-state index in [4.69, 9.17) is 9.47 Å². The lowest BCUT2D eigenvalue weighted by Crippen LogP contribution is -2.04. The van der Waals surface area contributed by atoms with Gasteiger partial charge in [-0.2, -0.15) is 0 Å². The van der Waals surface area contributed by atoms with Crippen LogP contribution in [0.4, 0.5) is 0 Å². The minimum absolute atomic E-state index is 0.101. The summed E-state index contributed by atoms with van der Waals surface area (Å²) in [5.74, 6) is 5.81. The van der Waals surface area contributed by atoms with Gasteiger partial charge in [-0.3, -0.25) is 9.59 Å². The molecule has 0 radical (unpaired) electrons. The first-order chi connectivity index (χ1) is 14.2. The highest BCUT2D eigenvalue weighted by Crippen LogP contribution is 2.10. The Hall–Kier alpha value is -1.50. The third-order valence-electron chi connectivity index (χ3n) is 4.90. The van der Waals surface area contributed by atoms with Gasteiger partial charge < -0.3 is 9.47 Å². The summed E-state index contributed by atoms with van der Waals surface area (Å²) in [6.45, 7) is 4.76. The predicted octanol–water partition coefficient (Wildman–Crippen LogP) is 6.75. The summed E-state index contributed by atoms with van der Waals surface area (Å²) in [5.41, 5.74) is 0. The highest BCUT2D eigenvalue weighted by atomic mass is 16.5. The van der Waals surface area contributed by atoms with Gasteiger partial charge in [0.2, 0.25) is 0 Å². The van der Waals surface area contributed by atoms with Gasteiger partial charge in [0.25, 0.3) is 0 Å². The van der Waals surface area contributed by atoms with Gasteiger partial charge in [0, 0.05) is 19.3 Å². The summed E-state index contributed by atoms with van der Waals surface area (Å²) >= 11 is 0. The van der Waals surface area contributed by atoms with Gasteiger partial charge in [-0.25, -0.2) is 0 Å². The van der Waals surface area contributed by atoms with Gasteiger partial charge in [-0.15, -0.1) is 0 Å². The Kier molecular flexibility index (Phi) is 21.6. The van der Waals surface area contributed by atoms with E-state index in [0.29, 0.717) is 19.4 Å². The van der Waals surface area contributed by atoms with Crippen molar-refractivity contribution >= 4 is 11.9 Å². The zero-order valence-corrected chi connectivity index (χ0v) is 19.1. The van der Waals surface area contributed by atoms with E-state index in [-0.39, 0.29) is 18.5 Å². The molecule has 0 aliphatic carbocycles. The molecule has 168 valence electrons. The van der Waals surface area contributed by atoms with Crippen molar-refractivity contribution in [2.24, 2.45) is 0 Å². The normalized spacial score (nSPS) is 10.3. The standard InChI is InChI=1S/C25H44O4/c1-3-5-6-7-8-9-10-11-14-17-20-23-29-25(27)22-19-16-13-12-15-18-21-24(26)28-4-2/h3-16,18-19,21-23H2,1-2H3. The Balaban J connectivity index is 3.32. The summed E-state index contributed by atoms with van der Waals surface area (Å²) in [5, 5.41) is 0. The lowest BCUT2D eigenvalue weighted by atomic mass is 10.1. The fourth-order valence-corrected chi connectivity index (χ4v) is 3.15. The van der Waals surface area contributed by atoms with Gasteiger partial charge in [-0.1, -0.05) is 89.4 Å². The molecular weight excluding hydrogens is 364 g/mol. The van der Waals surface area contributed by atoms with Crippen LogP contribution in [0, 0.1) is 11.8 Å². The molecule has 0 aromatic carbocycles. The molecule has 4 heteroatoms. The molecular formula is C25H44O4. The molecule has 0 aliphatic rings. The van der Waals surface area contributed by atoms with Crippen LogP contribution in [-0.2, 0) is 19.1 Å². The molecule has 0 atom stereocenters. The van der Waals surface area contributed by atoms with Crippen molar-refractivity contribution in [2.45, 2.75) is 123 Å². The van der Waals surface area contributed by atoms with Gasteiger partial charge in [0.1, 0.15) is 0 Å². The molecule has 0 fully saturated rings. The van der Waals surface area contributed by atoms with Gasteiger partial charge in [0.15, 0.2) is 6.61 Å². The Morgan fingerprint density at radius 2 is 1.07 bits per heavy atom. The quantitative estimate of drug-likeness (QED) is 0.135. The van der Waals surface area contributed by atoms with E-state index in [9.17, 15) is 9.59 Å². The summed E-state index contributed by atoms with van der Waals surface area (Å²) in [7, 11) is 0. The number of hydrogen-bond acceptors (Lipinski definition) is 4. The van der Waals surface area contributed by atoms with Crippen LogP contribution in [0.25, 0.3) is 0 Å². The van der Waals surface area contributed by atoms with Crippen molar-refractivity contribution in [3.8, 4) is 11.8 Å². The molecule has 0 spiro atoms. The second-order valence-corrected chi connectivity index (χ2v) is 7.67. The molecule has 0 bridgehead atoms.